The standard InChI is InChI=1S/C16H21ClN2S/c1-5-8-18-11(3)15-12(4)19-16(20-15)13-7-6-10(2)14(17)9-13/h6-7,9,11,18H,5,8H2,1-4H3. The molecule has 0 aliphatic heterocycles. The Balaban J connectivity index is 2.28. The smallest absolute Gasteiger partial charge is 0.123 e. The predicted octanol–water partition coefficient (Wildman–Crippen LogP) is 5.14. The van der Waals surface area contributed by atoms with Gasteiger partial charge < -0.3 is 5.32 Å². The predicted molar refractivity (Wildman–Crippen MR) is 88.7 cm³/mol. The lowest BCUT2D eigenvalue weighted by molar-refractivity contribution is 0.575. The normalized spacial score (nSPS) is 12.7. The van der Waals surface area contributed by atoms with Gasteiger partial charge in [0.1, 0.15) is 5.01 Å². The topological polar surface area (TPSA) is 24.9 Å². The van der Waals surface area contributed by atoms with Gasteiger partial charge in [-0.2, -0.15) is 0 Å². The molecule has 108 valence electrons. The molecule has 0 spiro atoms. The molecule has 0 fully saturated rings. The number of halogens is 1. The summed E-state index contributed by atoms with van der Waals surface area (Å²) in [4.78, 5) is 6.01. The van der Waals surface area contributed by atoms with Crippen LogP contribution in [0.25, 0.3) is 10.6 Å². The number of aryl methyl sites for hydroxylation is 2. The van der Waals surface area contributed by atoms with Crippen LogP contribution in [0, 0.1) is 13.8 Å². The fourth-order valence-electron chi connectivity index (χ4n) is 2.11. The summed E-state index contributed by atoms with van der Waals surface area (Å²) in [5.74, 6) is 0. The number of nitrogens with zero attached hydrogens (tertiary/aromatic N) is 1. The molecule has 0 amide bonds. The zero-order chi connectivity index (χ0) is 14.7. The molecule has 2 aromatic rings. The molecule has 1 aromatic carbocycles. The molecule has 1 unspecified atom stereocenters. The van der Waals surface area contributed by atoms with Crippen molar-refractivity contribution in [3.05, 3.63) is 39.4 Å². The van der Waals surface area contributed by atoms with Crippen LogP contribution in [0.3, 0.4) is 0 Å². The third-order valence-electron chi connectivity index (χ3n) is 3.35. The van der Waals surface area contributed by atoms with Gasteiger partial charge in [-0.05, 0) is 45.4 Å². The maximum atomic E-state index is 6.21. The van der Waals surface area contributed by atoms with Crippen LogP contribution in [0.2, 0.25) is 5.02 Å². The van der Waals surface area contributed by atoms with E-state index in [0.29, 0.717) is 6.04 Å². The summed E-state index contributed by atoms with van der Waals surface area (Å²) >= 11 is 7.96. The summed E-state index contributed by atoms with van der Waals surface area (Å²) in [5, 5.41) is 5.36. The van der Waals surface area contributed by atoms with E-state index in [1.807, 2.05) is 19.1 Å². The maximum Gasteiger partial charge on any atom is 0.123 e. The molecular formula is C16H21ClN2S. The molecule has 20 heavy (non-hydrogen) atoms. The van der Waals surface area contributed by atoms with Gasteiger partial charge in [-0.1, -0.05) is 30.7 Å². The molecule has 1 aromatic heterocycles. The van der Waals surface area contributed by atoms with Crippen LogP contribution < -0.4 is 5.32 Å². The van der Waals surface area contributed by atoms with Crippen molar-refractivity contribution in [3.63, 3.8) is 0 Å². The van der Waals surface area contributed by atoms with Crippen molar-refractivity contribution < 1.29 is 0 Å². The highest BCUT2D eigenvalue weighted by atomic mass is 35.5. The minimum atomic E-state index is 0.349. The van der Waals surface area contributed by atoms with Crippen molar-refractivity contribution in [2.24, 2.45) is 0 Å². The number of rotatable bonds is 5. The molecule has 0 saturated carbocycles. The van der Waals surface area contributed by atoms with Crippen molar-refractivity contribution in [1.29, 1.82) is 0 Å². The second-order valence-electron chi connectivity index (χ2n) is 5.11. The third kappa shape index (κ3) is 3.40. The molecule has 2 rings (SSSR count). The Morgan fingerprint density at radius 3 is 2.75 bits per heavy atom. The quantitative estimate of drug-likeness (QED) is 0.827. The van der Waals surface area contributed by atoms with Crippen molar-refractivity contribution in [3.8, 4) is 10.6 Å². The molecule has 4 heteroatoms. The van der Waals surface area contributed by atoms with Crippen LogP contribution in [0.1, 0.15) is 42.4 Å². The molecule has 0 aliphatic rings. The first-order chi connectivity index (χ1) is 9.52. The number of aromatic nitrogens is 1. The summed E-state index contributed by atoms with van der Waals surface area (Å²) < 4.78 is 0. The molecule has 0 bridgehead atoms. The van der Waals surface area contributed by atoms with Gasteiger partial charge in [0.15, 0.2) is 0 Å². The number of benzene rings is 1. The average molecular weight is 309 g/mol. The minimum Gasteiger partial charge on any atom is -0.309 e. The van der Waals surface area contributed by atoms with E-state index in [9.17, 15) is 0 Å². The van der Waals surface area contributed by atoms with E-state index in [-0.39, 0.29) is 0 Å². The van der Waals surface area contributed by atoms with Crippen molar-refractivity contribution in [2.75, 3.05) is 6.54 Å². The molecule has 1 N–H and O–H groups in total. The van der Waals surface area contributed by atoms with Crippen LogP contribution >= 0.6 is 22.9 Å². The van der Waals surface area contributed by atoms with Crippen LogP contribution in [-0.4, -0.2) is 11.5 Å². The Morgan fingerprint density at radius 1 is 1.35 bits per heavy atom. The van der Waals surface area contributed by atoms with Gasteiger partial charge in [0.25, 0.3) is 0 Å². The molecule has 1 atom stereocenters. The Bertz CT molecular complexity index is 592. The van der Waals surface area contributed by atoms with Gasteiger partial charge in [0.05, 0.1) is 5.69 Å². The summed E-state index contributed by atoms with van der Waals surface area (Å²) in [6.07, 6.45) is 1.14. The van der Waals surface area contributed by atoms with Crippen LogP contribution in [0.15, 0.2) is 18.2 Å². The fraction of sp³-hybridized carbons (Fsp3) is 0.438. The molecule has 0 saturated heterocycles. The van der Waals surface area contributed by atoms with Gasteiger partial charge in [0.2, 0.25) is 0 Å². The molecule has 2 nitrogen and oxygen atoms in total. The van der Waals surface area contributed by atoms with E-state index in [1.165, 1.54) is 4.88 Å². The maximum absolute atomic E-state index is 6.21. The second kappa shape index (κ2) is 6.70. The highest BCUT2D eigenvalue weighted by molar-refractivity contribution is 7.15. The minimum absolute atomic E-state index is 0.349. The molecule has 0 radical (unpaired) electrons. The summed E-state index contributed by atoms with van der Waals surface area (Å²) in [7, 11) is 0. The number of hydrogen-bond acceptors (Lipinski definition) is 3. The van der Waals surface area contributed by atoms with Gasteiger partial charge in [-0.3, -0.25) is 0 Å². The SMILES string of the molecule is CCCNC(C)c1sc(-c2ccc(C)c(Cl)c2)nc1C. The van der Waals surface area contributed by atoms with Crippen LogP contribution in [0.5, 0.6) is 0 Å². The highest BCUT2D eigenvalue weighted by Gasteiger charge is 2.15. The number of nitrogens with one attached hydrogen (secondary N) is 1. The molecular weight excluding hydrogens is 288 g/mol. The van der Waals surface area contributed by atoms with Gasteiger partial charge in [-0.15, -0.1) is 11.3 Å². The Kier molecular flexibility index (Phi) is 5.19. The summed E-state index contributed by atoms with van der Waals surface area (Å²) in [6, 6.07) is 6.49. The van der Waals surface area contributed by atoms with E-state index in [1.54, 1.807) is 11.3 Å². The molecule has 0 aliphatic carbocycles. The van der Waals surface area contributed by atoms with Gasteiger partial charge >= 0.3 is 0 Å². The summed E-state index contributed by atoms with van der Waals surface area (Å²) in [6.45, 7) is 9.50. The van der Waals surface area contributed by atoms with Gasteiger partial charge in [-0.25, -0.2) is 4.98 Å². The Hall–Kier alpha value is -0.900. The zero-order valence-electron chi connectivity index (χ0n) is 12.5. The zero-order valence-corrected chi connectivity index (χ0v) is 14.0. The van der Waals surface area contributed by atoms with E-state index >= 15 is 0 Å². The second-order valence-corrected chi connectivity index (χ2v) is 6.55. The lowest BCUT2D eigenvalue weighted by Crippen LogP contribution is -2.18. The molecule has 1 heterocycles. The third-order valence-corrected chi connectivity index (χ3v) is 5.14. The lowest BCUT2D eigenvalue weighted by atomic mass is 10.1. The van der Waals surface area contributed by atoms with Crippen molar-refractivity contribution in [1.82, 2.24) is 10.3 Å². The average Bonchev–Trinajstić information content (AvgIpc) is 2.81. The van der Waals surface area contributed by atoms with E-state index < -0.39 is 0 Å². The van der Waals surface area contributed by atoms with Crippen LogP contribution in [0.4, 0.5) is 0 Å². The lowest BCUT2D eigenvalue weighted by Gasteiger charge is -2.11. The fourth-order valence-corrected chi connectivity index (χ4v) is 3.38. The van der Waals surface area contributed by atoms with Crippen molar-refractivity contribution in [2.45, 2.75) is 40.2 Å². The number of hydrogen-bond donors (Lipinski definition) is 1. The van der Waals surface area contributed by atoms with E-state index in [4.69, 9.17) is 16.6 Å². The monoisotopic (exact) mass is 308 g/mol. The van der Waals surface area contributed by atoms with E-state index in [0.717, 1.165) is 39.8 Å². The first-order valence-electron chi connectivity index (χ1n) is 7.00. The van der Waals surface area contributed by atoms with Crippen LogP contribution in [-0.2, 0) is 0 Å². The number of thiazole rings is 1. The first-order valence-corrected chi connectivity index (χ1v) is 8.19. The highest BCUT2D eigenvalue weighted by Crippen LogP contribution is 2.33. The van der Waals surface area contributed by atoms with Crippen molar-refractivity contribution >= 4 is 22.9 Å². The van der Waals surface area contributed by atoms with Gasteiger partial charge in [0, 0.05) is 21.5 Å². The Labute approximate surface area is 130 Å². The summed E-state index contributed by atoms with van der Waals surface area (Å²) in [5.41, 5.74) is 3.31. The van der Waals surface area contributed by atoms with E-state index in [2.05, 4.69) is 32.2 Å². The first kappa shape index (κ1) is 15.5. The largest absolute Gasteiger partial charge is 0.309 e. The Morgan fingerprint density at radius 2 is 2.10 bits per heavy atom.